The van der Waals surface area contributed by atoms with Gasteiger partial charge < -0.3 is 5.11 Å². The van der Waals surface area contributed by atoms with E-state index in [1.165, 1.54) is 4.68 Å². The first-order chi connectivity index (χ1) is 5.04. The number of nitrogens with zero attached hydrogens (tertiary/aromatic N) is 2. The van der Waals surface area contributed by atoms with E-state index in [-0.39, 0.29) is 11.2 Å². The maximum absolute atomic E-state index is 10.5. The molecule has 4 nitrogen and oxygen atoms in total. The van der Waals surface area contributed by atoms with Gasteiger partial charge in [0.2, 0.25) is 0 Å². The average molecular weight is 150 g/mol. The second kappa shape index (κ2) is 2.41. The lowest BCUT2D eigenvalue weighted by Gasteiger charge is -1.94. The maximum Gasteiger partial charge on any atom is 0.353 e. The van der Waals surface area contributed by atoms with Crippen molar-refractivity contribution in [1.29, 1.82) is 0 Å². The predicted molar refractivity (Wildman–Crippen MR) is 40.3 cm³/mol. The Bertz CT molecular complexity index is 306. The van der Waals surface area contributed by atoms with Gasteiger partial charge in [-0.2, -0.15) is 5.10 Å². The topological polar surface area (TPSA) is 55.1 Å². The molecule has 0 fully saturated rings. The van der Waals surface area contributed by atoms with Crippen LogP contribution in [0, 0.1) is 6.92 Å². The van der Waals surface area contributed by atoms with Gasteiger partial charge in [-0.25, -0.2) is 4.79 Å². The van der Waals surface area contributed by atoms with Crippen LogP contribution in [0.4, 0.5) is 0 Å². The van der Waals surface area contributed by atoms with Crippen molar-refractivity contribution in [2.45, 2.75) is 6.92 Å². The molecule has 0 aliphatic rings. The standard InChI is InChI=1S/C6H7BN2O2/c1-3-4(7)5(6(10)11)9(2)8-3/h1-2H3,(H,10,11). The van der Waals surface area contributed by atoms with Crippen LogP contribution in [0.3, 0.4) is 0 Å². The van der Waals surface area contributed by atoms with Crippen LogP contribution in [0.2, 0.25) is 0 Å². The lowest BCUT2D eigenvalue weighted by atomic mass is 9.93. The molecule has 1 heterocycles. The molecule has 0 spiro atoms. The van der Waals surface area contributed by atoms with Crippen LogP contribution >= 0.6 is 0 Å². The van der Waals surface area contributed by atoms with E-state index >= 15 is 0 Å². The first-order valence-corrected chi connectivity index (χ1v) is 3.06. The highest BCUT2D eigenvalue weighted by Gasteiger charge is 2.14. The van der Waals surface area contributed by atoms with Gasteiger partial charge in [0, 0.05) is 7.05 Å². The molecular weight excluding hydrogens is 143 g/mol. The predicted octanol–water partition coefficient (Wildman–Crippen LogP) is -0.779. The molecule has 1 rings (SSSR count). The van der Waals surface area contributed by atoms with Crippen molar-refractivity contribution in [2.24, 2.45) is 7.05 Å². The molecule has 0 aliphatic carbocycles. The minimum absolute atomic E-state index is 0.0440. The number of rotatable bonds is 1. The Morgan fingerprint density at radius 1 is 1.73 bits per heavy atom. The van der Waals surface area contributed by atoms with Gasteiger partial charge in [-0.1, -0.05) is 0 Å². The van der Waals surface area contributed by atoms with Gasteiger partial charge >= 0.3 is 5.97 Å². The fourth-order valence-electron chi connectivity index (χ4n) is 0.928. The van der Waals surface area contributed by atoms with Crippen molar-refractivity contribution in [2.75, 3.05) is 0 Å². The Morgan fingerprint density at radius 2 is 2.27 bits per heavy atom. The van der Waals surface area contributed by atoms with Crippen LogP contribution in [-0.4, -0.2) is 28.7 Å². The van der Waals surface area contributed by atoms with E-state index < -0.39 is 5.97 Å². The van der Waals surface area contributed by atoms with E-state index in [4.69, 9.17) is 13.0 Å². The number of aromatic carboxylic acids is 1. The molecule has 1 aromatic rings. The Morgan fingerprint density at radius 3 is 2.45 bits per heavy atom. The van der Waals surface area contributed by atoms with Gasteiger partial charge in [0.15, 0.2) is 0 Å². The van der Waals surface area contributed by atoms with Gasteiger partial charge in [-0.05, 0) is 12.4 Å². The van der Waals surface area contributed by atoms with Crippen LogP contribution in [-0.2, 0) is 7.05 Å². The van der Waals surface area contributed by atoms with Gasteiger partial charge in [0.1, 0.15) is 13.5 Å². The molecule has 0 aliphatic heterocycles. The largest absolute Gasteiger partial charge is 0.477 e. The summed E-state index contributed by atoms with van der Waals surface area (Å²) in [4.78, 5) is 10.5. The zero-order valence-electron chi connectivity index (χ0n) is 6.33. The van der Waals surface area contributed by atoms with E-state index in [2.05, 4.69) is 5.10 Å². The lowest BCUT2D eigenvalue weighted by Crippen LogP contribution is -2.17. The summed E-state index contributed by atoms with van der Waals surface area (Å²) in [6.45, 7) is 1.67. The summed E-state index contributed by atoms with van der Waals surface area (Å²) >= 11 is 0. The summed E-state index contributed by atoms with van der Waals surface area (Å²) in [5.41, 5.74) is 0.826. The molecule has 0 saturated carbocycles. The monoisotopic (exact) mass is 150 g/mol. The first kappa shape index (κ1) is 7.85. The smallest absolute Gasteiger partial charge is 0.353 e. The van der Waals surface area contributed by atoms with E-state index in [1.807, 2.05) is 0 Å². The number of carboxylic acid groups (broad SMARTS) is 1. The van der Waals surface area contributed by atoms with Crippen molar-refractivity contribution in [3.05, 3.63) is 11.4 Å². The third-order valence-corrected chi connectivity index (χ3v) is 1.47. The summed E-state index contributed by atoms with van der Waals surface area (Å²) in [6, 6.07) is 0. The van der Waals surface area contributed by atoms with E-state index in [1.54, 1.807) is 14.0 Å². The Kier molecular flexibility index (Phi) is 1.72. The number of carbonyl (C=O) groups is 1. The second-order valence-electron chi connectivity index (χ2n) is 2.28. The zero-order valence-corrected chi connectivity index (χ0v) is 6.33. The number of carboxylic acids is 1. The van der Waals surface area contributed by atoms with Crippen molar-refractivity contribution >= 4 is 19.3 Å². The zero-order chi connectivity index (χ0) is 8.59. The molecule has 11 heavy (non-hydrogen) atoms. The third kappa shape index (κ3) is 1.13. The first-order valence-electron chi connectivity index (χ1n) is 3.06. The highest BCUT2D eigenvalue weighted by Crippen LogP contribution is 1.96. The van der Waals surface area contributed by atoms with Crippen LogP contribution in [0.5, 0.6) is 0 Å². The van der Waals surface area contributed by atoms with Crippen molar-refractivity contribution < 1.29 is 9.90 Å². The molecule has 0 bridgehead atoms. The normalized spacial score (nSPS) is 10.0. The molecule has 0 atom stereocenters. The summed E-state index contributed by atoms with van der Waals surface area (Å²) in [5.74, 6) is -1.05. The van der Waals surface area contributed by atoms with Crippen LogP contribution in [0.1, 0.15) is 16.2 Å². The summed E-state index contributed by atoms with van der Waals surface area (Å²) in [7, 11) is 6.99. The van der Waals surface area contributed by atoms with Crippen LogP contribution in [0.25, 0.3) is 0 Å². The highest BCUT2D eigenvalue weighted by molar-refractivity contribution is 6.36. The fraction of sp³-hybridized carbons (Fsp3) is 0.333. The molecule has 2 radical (unpaired) electrons. The lowest BCUT2D eigenvalue weighted by molar-refractivity contribution is 0.0686. The Balaban J connectivity index is 3.34. The quantitative estimate of drug-likeness (QED) is 0.534. The van der Waals surface area contributed by atoms with E-state index in [9.17, 15) is 4.79 Å². The van der Waals surface area contributed by atoms with Gasteiger partial charge in [-0.3, -0.25) is 4.68 Å². The summed E-state index contributed by atoms with van der Waals surface area (Å²) in [5, 5.41) is 12.5. The maximum atomic E-state index is 10.5. The van der Waals surface area contributed by atoms with Gasteiger partial charge in [0.25, 0.3) is 0 Å². The number of aryl methyl sites for hydroxylation is 2. The van der Waals surface area contributed by atoms with Crippen LogP contribution in [0.15, 0.2) is 0 Å². The minimum Gasteiger partial charge on any atom is -0.477 e. The molecule has 1 N–H and O–H groups in total. The van der Waals surface area contributed by atoms with E-state index in [0.717, 1.165) is 0 Å². The number of hydrogen-bond acceptors (Lipinski definition) is 2. The fourth-order valence-corrected chi connectivity index (χ4v) is 0.928. The molecule has 0 unspecified atom stereocenters. The molecule has 5 heteroatoms. The highest BCUT2D eigenvalue weighted by atomic mass is 16.4. The van der Waals surface area contributed by atoms with Crippen molar-refractivity contribution in [3.8, 4) is 0 Å². The molecule has 0 amide bonds. The van der Waals surface area contributed by atoms with E-state index in [0.29, 0.717) is 5.69 Å². The minimum atomic E-state index is -1.05. The molecule has 0 aromatic carbocycles. The van der Waals surface area contributed by atoms with Crippen molar-refractivity contribution in [3.63, 3.8) is 0 Å². The summed E-state index contributed by atoms with van der Waals surface area (Å²) in [6.07, 6.45) is 0. The third-order valence-electron chi connectivity index (χ3n) is 1.47. The molecule has 0 saturated heterocycles. The molecule has 1 aromatic heterocycles. The number of hydrogen-bond donors (Lipinski definition) is 1. The molecule has 56 valence electrons. The molecular formula is C6H7BN2O2. The number of aromatic nitrogens is 2. The second-order valence-corrected chi connectivity index (χ2v) is 2.28. The average Bonchev–Trinajstić information content (AvgIpc) is 2.07. The van der Waals surface area contributed by atoms with Gasteiger partial charge in [-0.15, -0.1) is 0 Å². The SMILES string of the molecule is [B]c1c(C)nn(C)c1C(=O)O. The van der Waals surface area contributed by atoms with Crippen LogP contribution < -0.4 is 5.46 Å². The van der Waals surface area contributed by atoms with Crippen molar-refractivity contribution in [1.82, 2.24) is 9.78 Å². The Labute approximate surface area is 65.2 Å². The Hall–Kier alpha value is -1.26. The summed E-state index contributed by atoms with van der Waals surface area (Å²) < 4.78 is 1.26. The van der Waals surface area contributed by atoms with Gasteiger partial charge in [0.05, 0.1) is 5.69 Å².